The predicted octanol–water partition coefficient (Wildman–Crippen LogP) is 3.84. The van der Waals surface area contributed by atoms with Crippen LogP contribution in [0.4, 0.5) is 0 Å². The number of nitrogens with zero attached hydrogens (tertiary/aromatic N) is 5. The van der Waals surface area contributed by atoms with Gasteiger partial charge in [-0.1, -0.05) is 30.3 Å². The summed E-state index contributed by atoms with van der Waals surface area (Å²) in [4.78, 5) is 21.0. The predicted molar refractivity (Wildman–Crippen MR) is 100 cm³/mol. The van der Waals surface area contributed by atoms with Gasteiger partial charge in [-0.25, -0.2) is 9.97 Å². The Bertz CT molecular complexity index is 988. The molecular formula is C20H20N6. The van der Waals surface area contributed by atoms with Crippen LogP contribution < -0.4 is 0 Å². The van der Waals surface area contributed by atoms with Crippen LogP contribution in [0.3, 0.4) is 0 Å². The third-order valence-electron chi connectivity index (χ3n) is 4.40. The van der Waals surface area contributed by atoms with Gasteiger partial charge in [-0.2, -0.15) is 0 Å². The van der Waals surface area contributed by atoms with Gasteiger partial charge in [0.05, 0.1) is 35.3 Å². The van der Waals surface area contributed by atoms with E-state index in [4.69, 9.17) is 4.98 Å². The molecule has 6 heteroatoms. The Hall–Kier alpha value is -3.28. The van der Waals surface area contributed by atoms with Gasteiger partial charge in [-0.3, -0.25) is 9.97 Å². The SMILES string of the molecule is Cc1ncc(-c2c(-c3ccccc3)ncn2[C@H](C)Cc2cnccn2)[nH]1. The Morgan fingerprint density at radius 1 is 1.04 bits per heavy atom. The van der Waals surface area contributed by atoms with E-state index < -0.39 is 0 Å². The molecule has 0 aliphatic heterocycles. The molecule has 1 atom stereocenters. The number of imidazole rings is 2. The van der Waals surface area contributed by atoms with Gasteiger partial charge in [0, 0.05) is 36.6 Å². The van der Waals surface area contributed by atoms with Crippen molar-refractivity contribution in [3.05, 3.63) is 73.0 Å². The van der Waals surface area contributed by atoms with E-state index in [0.717, 1.165) is 40.6 Å². The molecule has 1 aromatic carbocycles. The lowest BCUT2D eigenvalue weighted by Crippen LogP contribution is -2.10. The van der Waals surface area contributed by atoms with Crippen molar-refractivity contribution in [2.45, 2.75) is 26.3 Å². The van der Waals surface area contributed by atoms with Crippen molar-refractivity contribution in [2.75, 3.05) is 0 Å². The highest BCUT2D eigenvalue weighted by Gasteiger charge is 2.20. The number of aromatic nitrogens is 6. The van der Waals surface area contributed by atoms with E-state index in [2.05, 4.69) is 43.6 Å². The van der Waals surface area contributed by atoms with E-state index >= 15 is 0 Å². The highest BCUT2D eigenvalue weighted by molar-refractivity contribution is 5.76. The zero-order valence-corrected chi connectivity index (χ0v) is 14.8. The zero-order chi connectivity index (χ0) is 17.9. The molecule has 4 aromatic rings. The van der Waals surface area contributed by atoms with Crippen LogP contribution >= 0.6 is 0 Å². The maximum atomic E-state index is 4.71. The average molecular weight is 344 g/mol. The third-order valence-corrected chi connectivity index (χ3v) is 4.40. The largest absolute Gasteiger partial charge is 0.341 e. The monoisotopic (exact) mass is 344 g/mol. The summed E-state index contributed by atoms with van der Waals surface area (Å²) in [7, 11) is 0. The van der Waals surface area contributed by atoms with Gasteiger partial charge < -0.3 is 9.55 Å². The molecule has 3 aromatic heterocycles. The number of hydrogen-bond donors (Lipinski definition) is 1. The van der Waals surface area contributed by atoms with Gasteiger partial charge >= 0.3 is 0 Å². The van der Waals surface area contributed by atoms with Crippen molar-refractivity contribution in [2.24, 2.45) is 0 Å². The fourth-order valence-corrected chi connectivity index (χ4v) is 3.15. The number of nitrogens with one attached hydrogen (secondary N) is 1. The van der Waals surface area contributed by atoms with E-state index in [-0.39, 0.29) is 6.04 Å². The summed E-state index contributed by atoms with van der Waals surface area (Å²) in [5.74, 6) is 0.883. The number of hydrogen-bond acceptors (Lipinski definition) is 4. The zero-order valence-electron chi connectivity index (χ0n) is 14.8. The minimum absolute atomic E-state index is 0.176. The van der Waals surface area contributed by atoms with Crippen molar-refractivity contribution in [1.29, 1.82) is 0 Å². The number of rotatable bonds is 5. The molecule has 130 valence electrons. The molecule has 1 N–H and O–H groups in total. The van der Waals surface area contributed by atoms with Crippen LogP contribution in [0.1, 0.15) is 24.5 Å². The first-order valence-electron chi connectivity index (χ1n) is 8.61. The quantitative estimate of drug-likeness (QED) is 0.597. The second-order valence-electron chi connectivity index (χ2n) is 6.35. The minimum atomic E-state index is 0.176. The summed E-state index contributed by atoms with van der Waals surface area (Å²) in [5.41, 5.74) is 4.99. The Balaban J connectivity index is 1.78. The molecule has 26 heavy (non-hydrogen) atoms. The van der Waals surface area contributed by atoms with Gasteiger partial charge in [0.25, 0.3) is 0 Å². The van der Waals surface area contributed by atoms with Crippen molar-refractivity contribution in [3.8, 4) is 22.6 Å². The Morgan fingerprint density at radius 3 is 2.58 bits per heavy atom. The second-order valence-corrected chi connectivity index (χ2v) is 6.35. The molecule has 0 bridgehead atoms. The van der Waals surface area contributed by atoms with E-state index in [1.807, 2.05) is 43.8 Å². The molecular weight excluding hydrogens is 324 g/mol. The van der Waals surface area contributed by atoms with Crippen LogP contribution in [0.2, 0.25) is 0 Å². The molecule has 0 saturated carbocycles. The van der Waals surface area contributed by atoms with E-state index in [1.165, 1.54) is 0 Å². The lowest BCUT2D eigenvalue weighted by atomic mass is 10.1. The molecule has 4 rings (SSSR count). The second kappa shape index (κ2) is 6.92. The molecule has 0 radical (unpaired) electrons. The summed E-state index contributed by atoms with van der Waals surface area (Å²) in [6.07, 6.45) is 9.77. The topological polar surface area (TPSA) is 72.3 Å². The van der Waals surface area contributed by atoms with Crippen molar-refractivity contribution < 1.29 is 0 Å². The van der Waals surface area contributed by atoms with Gasteiger partial charge in [0.15, 0.2) is 0 Å². The van der Waals surface area contributed by atoms with Crippen LogP contribution in [0.5, 0.6) is 0 Å². The maximum Gasteiger partial charge on any atom is 0.103 e. The van der Waals surface area contributed by atoms with Gasteiger partial charge in [-0.15, -0.1) is 0 Å². The smallest absolute Gasteiger partial charge is 0.103 e. The van der Waals surface area contributed by atoms with Crippen molar-refractivity contribution in [1.82, 2.24) is 29.5 Å². The molecule has 0 unspecified atom stereocenters. The van der Waals surface area contributed by atoms with Crippen molar-refractivity contribution in [3.63, 3.8) is 0 Å². The third kappa shape index (κ3) is 3.13. The molecule has 0 aliphatic rings. The Labute approximate surface area is 152 Å². The Kier molecular flexibility index (Phi) is 4.31. The first-order chi connectivity index (χ1) is 12.7. The highest BCUT2D eigenvalue weighted by atomic mass is 15.1. The fourth-order valence-electron chi connectivity index (χ4n) is 3.15. The molecule has 0 fully saturated rings. The minimum Gasteiger partial charge on any atom is -0.341 e. The summed E-state index contributed by atoms with van der Waals surface area (Å²) in [5, 5.41) is 0. The van der Waals surface area contributed by atoms with Crippen LogP contribution in [-0.2, 0) is 6.42 Å². The summed E-state index contributed by atoms with van der Waals surface area (Å²) in [6.45, 7) is 4.12. The first kappa shape index (κ1) is 16.2. The molecule has 6 nitrogen and oxygen atoms in total. The molecule has 0 spiro atoms. The number of H-pyrrole nitrogens is 1. The first-order valence-corrected chi connectivity index (χ1v) is 8.61. The van der Waals surface area contributed by atoms with Crippen LogP contribution in [0.25, 0.3) is 22.6 Å². The molecule has 0 aliphatic carbocycles. The molecule has 0 saturated heterocycles. The number of aromatic amines is 1. The van der Waals surface area contributed by atoms with Gasteiger partial charge in [0.1, 0.15) is 5.82 Å². The molecule has 0 amide bonds. The van der Waals surface area contributed by atoms with Gasteiger partial charge in [0.2, 0.25) is 0 Å². The average Bonchev–Trinajstić information content (AvgIpc) is 3.29. The van der Waals surface area contributed by atoms with Crippen LogP contribution in [0.15, 0.2) is 61.4 Å². The molecule has 3 heterocycles. The summed E-state index contributed by atoms with van der Waals surface area (Å²) < 4.78 is 2.18. The fraction of sp³-hybridized carbons (Fsp3) is 0.200. The number of aryl methyl sites for hydroxylation is 1. The maximum absolute atomic E-state index is 4.71. The van der Waals surface area contributed by atoms with E-state index in [1.54, 1.807) is 12.4 Å². The van der Waals surface area contributed by atoms with Crippen LogP contribution in [-0.4, -0.2) is 29.5 Å². The van der Waals surface area contributed by atoms with Crippen molar-refractivity contribution >= 4 is 0 Å². The lowest BCUT2D eigenvalue weighted by Gasteiger charge is -2.16. The highest BCUT2D eigenvalue weighted by Crippen LogP contribution is 2.32. The Morgan fingerprint density at radius 2 is 1.88 bits per heavy atom. The summed E-state index contributed by atoms with van der Waals surface area (Å²) in [6, 6.07) is 10.4. The van der Waals surface area contributed by atoms with Gasteiger partial charge in [-0.05, 0) is 13.8 Å². The normalized spacial score (nSPS) is 12.2. The summed E-state index contributed by atoms with van der Waals surface area (Å²) >= 11 is 0. The van der Waals surface area contributed by atoms with Crippen LogP contribution in [0, 0.1) is 6.92 Å². The number of benzene rings is 1. The van der Waals surface area contributed by atoms with E-state index in [9.17, 15) is 0 Å². The van der Waals surface area contributed by atoms with E-state index in [0.29, 0.717) is 0 Å². The lowest BCUT2D eigenvalue weighted by molar-refractivity contribution is 0.541. The standard InChI is InChI=1S/C20H20N6/c1-14(10-17-11-21-8-9-22-17)26-13-24-19(16-6-4-3-5-7-16)20(26)18-12-23-15(2)25-18/h3-9,11-14H,10H2,1-2H3,(H,23,25)/t14-/m1/s1.